The summed E-state index contributed by atoms with van der Waals surface area (Å²) < 4.78 is 5.10. The molecule has 28 heavy (non-hydrogen) atoms. The largest absolute Gasteiger partial charge is 0.461 e. The van der Waals surface area contributed by atoms with Crippen molar-refractivity contribution in [1.29, 1.82) is 0 Å². The smallest absolute Gasteiger partial charge is 0.355 e. The number of hydrogen-bond acceptors (Lipinski definition) is 7. The van der Waals surface area contributed by atoms with Crippen LogP contribution in [0.1, 0.15) is 58.4 Å². The fourth-order valence-corrected chi connectivity index (χ4v) is 3.49. The average molecular weight is 392 g/mol. The van der Waals surface area contributed by atoms with Crippen LogP contribution in [0.2, 0.25) is 0 Å². The molecule has 1 atom stereocenters. The predicted molar refractivity (Wildman–Crippen MR) is 103 cm³/mol. The first-order chi connectivity index (χ1) is 13.4. The Morgan fingerprint density at radius 1 is 1.18 bits per heavy atom. The molecule has 7 N–H and O–H groups in total. The van der Waals surface area contributed by atoms with Crippen LogP contribution in [0.3, 0.4) is 0 Å². The minimum absolute atomic E-state index is 0.135. The zero-order chi connectivity index (χ0) is 20.8. The van der Waals surface area contributed by atoms with Crippen LogP contribution in [0, 0.1) is 0 Å². The van der Waals surface area contributed by atoms with E-state index in [-0.39, 0.29) is 32.1 Å². The van der Waals surface area contributed by atoms with Gasteiger partial charge in [0.05, 0.1) is 32.5 Å². The summed E-state index contributed by atoms with van der Waals surface area (Å²) in [5, 5.41) is 39.7. The van der Waals surface area contributed by atoms with Crippen molar-refractivity contribution in [1.82, 2.24) is 4.98 Å². The number of carbonyl (C=O) groups excluding carboxylic acids is 1. The summed E-state index contributed by atoms with van der Waals surface area (Å²) in [5.74, 6) is -0.595. The second kappa shape index (κ2) is 9.81. The predicted octanol–water partition coefficient (Wildman–Crippen LogP) is 0.890. The molecule has 1 aromatic heterocycles. The Labute approximate surface area is 163 Å². The van der Waals surface area contributed by atoms with Crippen LogP contribution in [0.5, 0.6) is 0 Å². The molecular formula is C20H28N2O6. The zero-order valence-corrected chi connectivity index (χ0v) is 16.2. The third kappa shape index (κ3) is 4.11. The summed E-state index contributed by atoms with van der Waals surface area (Å²) >= 11 is 0. The average Bonchev–Trinajstić information content (AvgIpc) is 3.06. The number of aromatic nitrogens is 1. The van der Waals surface area contributed by atoms with Gasteiger partial charge in [0.1, 0.15) is 5.69 Å². The quantitative estimate of drug-likeness (QED) is 0.347. The van der Waals surface area contributed by atoms with Crippen LogP contribution >= 0.6 is 0 Å². The minimum atomic E-state index is -1.00. The molecule has 0 aliphatic rings. The Bertz CT molecular complexity index is 829. The van der Waals surface area contributed by atoms with Crippen LogP contribution in [-0.4, -0.2) is 44.5 Å². The molecule has 2 rings (SSSR count). The van der Waals surface area contributed by atoms with Crippen molar-refractivity contribution in [3.63, 3.8) is 0 Å². The summed E-state index contributed by atoms with van der Waals surface area (Å²) in [6.45, 7) is 2.66. The van der Waals surface area contributed by atoms with Gasteiger partial charge in [-0.05, 0) is 42.6 Å². The molecule has 0 saturated heterocycles. The third-order valence-corrected chi connectivity index (χ3v) is 4.69. The van der Waals surface area contributed by atoms with Crippen molar-refractivity contribution in [2.75, 3.05) is 13.2 Å². The highest BCUT2D eigenvalue weighted by Gasteiger charge is 2.28. The Hall–Kier alpha value is -2.23. The molecule has 0 fully saturated rings. The van der Waals surface area contributed by atoms with E-state index in [2.05, 4.69) is 4.98 Å². The fraction of sp³-hybridized carbons (Fsp3) is 0.450. The van der Waals surface area contributed by atoms with E-state index in [1.807, 2.05) is 0 Å². The van der Waals surface area contributed by atoms with Crippen molar-refractivity contribution in [3.05, 3.63) is 45.8 Å². The first-order valence-electron chi connectivity index (χ1n) is 9.21. The maximum Gasteiger partial charge on any atom is 0.355 e. The molecule has 1 unspecified atom stereocenters. The van der Waals surface area contributed by atoms with Gasteiger partial charge in [0.2, 0.25) is 0 Å². The molecule has 0 spiro atoms. The number of aliphatic hydroxyl groups excluding tert-OH is 4. The lowest BCUT2D eigenvalue weighted by molar-refractivity contribution is 0.0513. The molecule has 0 saturated carbocycles. The zero-order valence-electron chi connectivity index (χ0n) is 16.2. The van der Waals surface area contributed by atoms with Gasteiger partial charge < -0.3 is 35.9 Å². The highest BCUT2D eigenvalue weighted by molar-refractivity contribution is 5.93. The highest BCUT2D eigenvalue weighted by atomic mass is 16.5. The van der Waals surface area contributed by atoms with Gasteiger partial charge in [0.25, 0.3) is 0 Å². The van der Waals surface area contributed by atoms with E-state index in [0.717, 1.165) is 0 Å². The molecule has 8 nitrogen and oxygen atoms in total. The third-order valence-electron chi connectivity index (χ3n) is 4.69. The fourth-order valence-electron chi connectivity index (χ4n) is 3.49. The lowest BCUT2D eigenvalue weighted by Crippen LogP contribution is -2.10. The molecule has 0 radical (unpaired) electrons. The Morgan fingerprint density at radius 3 is 2.36 bits per heavy atom. The molecule has 0 amide bonds. The number of aliphatic hydroxyl groups is 4. The topological polar surface area (TPSA) is 149 Å². The van der Waals surface area contributed by atoms with Gasteiger partial charge in [-0.2, -0.15) is 0 Å². The number of benzene rings is 1. The van der Waals surface area contributed by atoms with Gasteiger partial charge in [-0.15, -0.1) is 0 Å². The van der Waals surface area contributed by atoms with Crippen LogP contribution in [-0.2, 0) is 31.0 Å². The first kappa shape index (κ1) is 22.1. The molecule has 0 bridgehead atoms. The van der Waals surface area contributed by atoms with Gasteiger partial charge in [-0.3, -0.25) is 0 Å². The van der Waals surface area contributed by atoms with E-state index in [0.29, 0.717) is 52.0 Å². The maximum absolute atomic E-state index is 12.4. The molecular weight excluding hydrogens is 364 g/mol. The van der Waals surface area contributed by atoms with Crippen LogP contribution in [0.4, 0.5) is 0 Å². The number of ether oxygens (including phenoxy) is 1. The van der Waals surface area contributed by atoms with Crippen molar-refractivity contribution >= 4 is 5.97 Å². The number of aromatic amines is 1. The summed E-state index contributed by atoms with van der Waals surface area (Å²) in [4.78, 5) is 15.5. The second-order valence-corrected chi connectivity index (χ2v) is 6.41. The van der Waals surface area contributed by atoms with Crippen molar-refractivity contribution in [2.24, 2.45) is 5.73 Å². The van der Waals surface area contributed by atoms with Crippen LogP contribution in [0.15, 0.2) is 12.1 Å². The molecule has 0 aliphatic heterocycles. The van der Waals surface area contributed by atoms with Crippen molar-refractivity contribution < 1.29 is 30.0 Å². The van der Waals surface area contributed by atoms with E-state index in [1.165, 1.54) is 6.92 Å². The molecule has 8 heteroatoms. The summed E-state index contributed by atoms with van der Waals surface area (Å²) in [5.41, 5.74) is 9.26. The van der Waals surface area contributed by atoms with E-state index >= 15 is 0 Å². The lowest BCUT2D eigenvalue weighted by Gasteiger charge is -2.18. The number of carbonyl (C=O) groups is 1. The van der Waals surface area contributed by atoms with Gasteiger partial charge >= 0.3 is 5.97 Å². The monoisotopic (exact) mass is 392 g/mol. The standard InChI is InChI=1S/C20H28N2O6/c1-3-28-20(27)19-17(11(2)26)18(16(22-19)6-7-21)13-5-4-12(8-23)14(9-24)15(13)10-25/h4-5,11,22-26H,3,6-10,21H2,1-2H3. The van der Waals surface area contributed by atoms with E-state index in [9.17, 15) is 25.2 Å². The SMILES string of the molecule is CCOC(=O)c1[nH]c(CCN)c(-c2ccc(CO)c(CO)c2CO)c1C(C)O. The van der Waals surface area contributed by atoms with Crippen molar-refractivity contribution in [3.8, 4) is 11.1 Å². The molecule has 1 heterocycles. The van der Waals surface area contributed by atoms with Gasteiger partial charge in [-0.25, -0.2) is 4.79 Å². The van der Waals surface area contributed by atoms with Gasteiger partial charge in [0.15, 0.2) is 0 Å². The molecule has 1 aromatic carbocycles. The van der Waals surface area contributed by atoms with Crippen molar-refractivity contribution in [2.45, 2.75) is 46.2 Å². The summed E-state index contributed by atoms with van der Waals surface area (Å²) in [7, 11) is 0. The summed E-state index contributed by atoms with van der Waals surface area (Å²) in [6, 6.07) is 3.34. The van der Waals surface area contributed by atoms with Crippen LogP contribution in [0.25, 0.3) is 11.1 Å². The lowest BCUT2D eigenvalue weighted by atomic mass is 9.88. The molecule has 2 aromatic rings. The number of H-pyrrole nitrogens is 1. The minimum Gasteiger partial charge on any atom is -0.461 e. The molecule has 0 aliphatic carbocycles. The Kier molecular flexibility index (Phi) is 7.73. The Morgan fingerprint density at radius 2 is 1.86 bits per heavy atom. The normalized spacial score (nSPS) is 12.2. The Balaban J connectivity index is 2.85. The maximum atomic E-state index is 12.4. The van der Waals surface area contributed by atoms with Gasteiger partial charge in [0, 0.05) is 23.2 Å². The highest BCUT2D eigenvalue weighted by Crippen LogP contribution is 2.39. The number of esters is 1. The molecule has 154 valence electrons. The number of hydrogen-bond donors (Lipinski definition) is 6. The van der Waals surface area contributed by atoms with E-state index < -0.39 is 12.1 Å². The first-order valence-corrected chi connectivity index (χ1v) is 9.21. The van der Waals surface area contributed by atoms with E-state index in [1.54, 1.807) is 19.1 Å². The summed E-state index contributed by atoms with van der Waals surface area (Å²) in [6.07, 6.45) is -0.603. The van der Waals surface area contributed by atoms with Gasteiger partial charge in [-0.1, -0.05) is 12.1 Å². The second-order valence-electron chi connectivity index (χ2n) is 6.41. The number of nitrogens with one attached hydrogen (secondary N) is 1. The number of nitrogens with two attached hydrogens (primary N) is 1. The van der Waals surface area contributed by atoms with E-state index in [4.69, 9.17) is 10.5 Å². The van der Waals surface area contributed by atoms with Crippen LogP contribution < -0.4 is 5.73 Å². The number of rotatable bonds is 9.